The standard InChI is InChI=1S/C10H7Cl2OP/c11-14(12)13-10-6-5-8-3-1-2-4-9(8)7-10/h1-7H. The predicted molar refractivity (Wildman–Crippen MR) is 63.2 cm³/mol. The van der Waals surface area contributed by atoms with Gasteiger partial charge in [-0.25, -0.2) is 0 Å². The van der Waals surface area contributed by atoms with E-state index in [0.29, 0.717) is 5.75 Å². The fraction of sp³-hybridized carbons (Fsp3) is 0. The largest absolute Gasteiger partial charge is 0.445 e. The summed E-state index contributed by atoms with van der Waals surface area (Å²) in [4.78, 5) is 0. The molecule has 0 N–H and O–H groups in total. The van der Waals surface area contributed by atoms with E-state index in [1.54, 1.807) is 0 Å². The van der Waals surface area contributed by atoms with E-state index in [4.69, 9.17) is 27.0 Å². The number of rotatable bonds is 2. The molecule has 4 heteroatoms. The quantitative estimate of drug-likeness (QED) is 0.682. The zero-order chi connectivity index (χ0) is 9.97. The van der Waals surface area contributed by atoms with Crippen molar-refractivity contribution in [2.75, 3.05) is 0 Å². The molecule has 0 spiro atoms. The first-order valence-electron chi connectivity index (χ1n) is 4.04. The monoisotopic (exact) mass is 244 g/mol. The fourth-order valence-electron chi connectivity index (χ4n) is 1.30. The molecule has 0 aliphatic heterocycles. The highest BCUT2D eigenvalue weighted by Gasteiger charge is 2.02. The topological polar surface area (TPSA) is 9.23 Å². The van der Waals surface area contributed by atoms with Gasteiger partial charge in [0.15, 0.2) is 0 Å². The van der Waals surface area contributed by atoms with Gasteiger partial charge < -0.3 is 4.52 Å². The summed E-state index contributed by atoms with van der Waals surface area (Å²) >= 11 is 11.1. The number of halogens is 2. The van der Waals surface area contributed by atoms with Crippen molar-refractivity contribution in [1.82, 2.24) is 0 Å². The highest BCUT2D eigenvalue weighted by molar-refractivity contribution is 8.00. The van der Waals surface area contributed by atoms with Crippen LogP contribution in [-0.2, 0) is 0 Å². The zero-order valence-corrected chi connectivity index (χ0v) is 9.56. The summed E-state index contributed by atoms with van der Waals surface area (Å²) < 4.78 is 5.22. The van der Waals surface area contributed by atoms with Gasteiger partial charge >= 0.3 is 0 Å². The third-order valence-corrected chi connectivity index (χ3v) is 2.66. The van der Waals surface area contributed by atoms with Gasteiger partial charge in [-0.1, -0.05) is 30.3 Å². The van der Waals surface area contributed by atoms with Gasteiger partial charge in [-0.3, -0.25) is 0 Å². The van der Waals surface area contributed by atoms with E-state index in [1.165, 1.54) is 5.39 Å². The van der Waals surface area contributed by atoms with E-state index in [9.17, 15) is 0 Å². The Morgan fingerprint density at radius 2 is 1.64 bits per heavy atom. The zero-order valence-electron chi connectivity index (χ0n) is 7.15. The molecule has 72 valence electrons. The van der Waals surface area contributed by atoms with Crippen molar-refractivity contribution in [3.05, 3.63) is 42.5 Å². The normalized spacial score (nSPS) is 10.8. The lowest BCUT2D eigenvalue weighted by atomic mass is 10.1. The van der Waals surface area contributed by atoms with Crippen molar-refractivity contribution in [2.45, 2.75) is 0 Å². The molecule has 0 aromatic heterocycles. The first-order chi connectivity index (χ1) is 6.75. The minimum absolute atomic E-state index is 0.708. The summed E-state index contributed by atoms with van der Waals surface area (Å²) in [6.45, 7) is -1.39. The summed E-state index contributed by atoms with van der Waals surface area (Å²) in [7, 11) is 0. The molecule has 0 radical (unpaired) electrons. The molecule has 2 rings (SSSR count). The van der Waals surface area contributed by atoms with Gasteiger partial charge in [0.25, 0.3) is 6.85 Å². The fourth-order valence-corrected chi connectivity index (χ4v) is 2.05. The third kappa shape index (κ3) is 2.30. The number of hydrogen-bond acceptors (Lipinski definition) is 1. The molecule has 0 fully saturated rings. The van der Waals surface area contributed by atoms with Gasteiger partial charge in [0, 0.05) is 0 Å². The molecule has 0 saturated heterocycles. The van der Waals surface area contributed by atoms with Gasteiger partial charge in [-0.15, -0.1) is 0 Å². The molecule has 2 aromatic rings. The smallest absolute Gasteiger partial charge is 0.284 e. The maximum absolute atomic E-state index is 5.57. The Kier molecular flexibility index (Phi) is 3.12. The van der Waals surface area contributed by atoms with Gasteiger partial charge in [0.2, 0.25) is 0 Å². The van der Waals surface area contributed by atoms with Gasteiger partial charge in [-0.2, -0.15) is 0 Å². The van der Waals surface area contributed by atoms with Crippen LogP contribution in [0.4, 0.5) is 0 Å². The lowest BCUT2D eigenvalue weighted by molar-refractivity contribution is 0.639. The van der Waals surface area contributed by atoms with Crippen LogP contribution in [0.1, 0.15) is 0 Å². The Labute approximate surface area is 93.0 Å². The maximum atomic E-state index is 5.57. The van der Waals surface area contributed by atoms with E-state index in [2.05, 4.69) is 0 Å². The molecule has 0 bridgehead atoms. The highest BCUT2D eigenvalue weighted by Crippen LogP contribution is 2.48. The molecule has 0 atom stereocenters. The molecule has 14 heavy (non-hydrogen) atoms. The summed E-state index contributed by atoms with van der Waals surface area (Å²) in [5.74, 6) is 0.708. The number of hydrogen-bond donors (Lipinski definition) is 0. The molecular weight excluding hydrogens is 238 g/mol. The Morgan fingerprint density at radius 3 is 2.36 bits per heavy atom. The molecule has 0 amide bonds. The summed E-state index contributed by atoms with van der Waals surface area (Å²) in [5.41, 5.74) is 0. The van der Waals surface area contributed by atoms with Gasteiger partial charge in [0.05, 0.1) is 0 Å². The van der Waals surface area contributed by atoms with Crippen LogP contribution in [-0.4, -0.2) is 0 Å². The number of fused-ring (bicyclic) bond motifs is 1. The van der Waals surface area contributed by atoms with Crippen LogP contribution in [0.15, 0.2) is 42.5 Å². The Balaban J connectivity index is 2.41. The first-order valence-corrected chi connectivity index (χ1v) is 7.11. The molecule has 0 aliphatic carbocycles. The van der Waals surface area contributed by atoms with Crippen LogP contribution < -0.4 is 4.52 Å². The Hall–Kier alpha value is -0.490. The van der Waals surface area contributed by atoms with E-state index in [1.807, 2.05) is 42.5 Å². The first kappa shape index (κ1) is 10.0. The average molecular weight is 245 g/mol. The Bertz CT molecular complexity index is 445. The molecule has 0 unspecified atom stereocenters. The lowest BCUT2D eigenvalue weighted by Crippen LogP contribution is -1.78. The van der Waals surface area contributed by atoms with Crippen LogP contribution in [0.25, 0.3) is 10.8 Å². The average Bonchev–Trinajstić information content (AvgIpc) is 2.17. The van der Waals surface area contributed by atoms with Crippen molar-refractivity contribution < 1.29 is 4.52 Å². The summed E-state index contributed by atoms with van der Waals surface area (Å²) in [6, 6.07) is 13.8. The van der Waals surface area contributed by atoms with E-state index in [0.717, 1.165) is 5.39 Å². The molecule has 1 nitrogen and oxygen atoms in total. The Morgan fingerprint density at radius 1 is 0.929 bits per heavy atom. The molecule has 0 aliphatic rings. The van der Waals surface area contributed by atoms with Crippen LogP contribution in [0.2, 0.25) is 0 Å². The second-order valence-corrected chi connectivity index (χ2v) is 5.75. The van der Waals surface area contributed by atoms with Crippen molar-refractivity contribution in [3.63, 3.8) is 0 Å². The van der Waals surface area contributed by atoms with E-state index >= 15 is 0 Å². The maximum Gasteiger partial charge on any atom is 0.284 e. The van der Waals surface area contributed by atoms with Crippen LogP contribution in [0.5, 0.6) is 5.75 Å². The van der Waals surface area contributed by atoms with Crippen molar-refractivity contribution >= 4 is 40.1 Å². The van der Waals surface area contributed by atoms with Crippen molar-refractivity contribution in [2.24, 2.45) is 0 Å². The molecule has 0 saturated carbocycles. The van der Waals surface area contributed by atoms with Gasteiger partial charge in [0.1, 0.15) is 5.75 Å². The third-order valence-electron chi connectivity index (χ3n) is 1.90. The minimum atomic E-state index is -1.39. The summed E-state index contributed by atoms with van der Waals surface area (Å²) in [5, 5.41) is 2.29. The second-order valence-electron chi connectivity index (χ2n) is 2.80. The predicted octanol–water partition coefficient (Wildman–Crippen LogP) is 4.92. The van der Waals surface area contributed by atoms with Crippen LogP contribution in [0, 0.1) is 0 Å². The molecule has 0 heterocycles. The van der Waals surface area contributed by atoms with Gasteiger partial charge in [-0.05, 0) is 45.4 Å². The number of benzene rings is 2. The highest BCUT2D eigenvalue weighted by atomic mass is 35.9. The SMILES string of the molecule is ClP(Cl)Oc1ccc2ccccc2c1. The van der Waals surface area contributed by atoms with Crippen molar-refractivity contribution in [3.8, 4) is 5.75 Å². The lowest BCUT2D eigenvalue weighted by Gasteiger charge is -2.05. The minimum Gasteiger partial charge on any atom is -0.445 e. The van der Waals surface area contributed by atoms with Crippen molar-refractivity contribution in [1.29, 1.82) is 0 Å². The van der Waals surface area contributed by atoms with E-state index < -0.39 is 6.85 Å². The summed E-state index contributed by atoms with van der Waals surface area (Å²) in [6.07, 6.45) is 0. The van der Waals surface area contributed by atoms with Crippen LogP contribution in [0.3, 0.4) is 0 Å². The van der Waals surface area contributed by atoms with E-state index in [-0.39, 0.29) is 0 Å². The van der Waals surface area contributed by atoms with Crippen LogP contribution >= 0.6 is 29.3 Å². The molecule has 2 aromatic carbocycles. The molecular formula is C10H7Cl2OP. The second kappa shape index (κ2) is 4.35.